The number of carbonyl (C=O) groups is 2. The van der Waals surface area contributed by atoms with Crippen molar-refractivity contribution in [2.75, 3.05) is 6.61 Å². The molecule has 0 bridgehead atoms. The van der Waals surface area contributed by atoms with Gasteiger partial charge in [-0.2, -0.15) is 0 Å². The van der Waals surface area contributed by atoms with Crippen LogP contribution in [-0.2, 0) is 14.3 Å². The normalized spacial score (nSPS) is 32.6. The largest absolute Gasteiger partial charge is 0.481 e. The Kier molecular flexibility index (Phi) is 4.13. The summed E-state index contributed by atoms with van der Waals surface area (Å²) in [7, 11) is 0. The van der Waals surface area contributed by atoms with Crippen LogP contribution in [0.1, 0.15) is 46.0 Å². The monoisotopic (exact) mass is 269 g/mol. The summed E-state index contributed by atoms with van der Waals surface area (Å²) in [4.78, 5) is 22.7. The first-order valence-electron chi connectivity index (χ1n) is 7.18. The van der Waals surface area contributed by atoms with Crippen LogP contribution in [-0.4, -0.2) is 35.2 Å². The molecule has 1 saturated carbocycles. The second kappa shape index (κ2) is 5.49. The van der Waals surface area contributed by atoms with E-state index in [1.54, 1.807) is 0 Å². The SMILES string of the molecule is CCC1(CC)CC(NC(=O)C2CC2C(=O)O)CCO1. The Balaban J connectivity index is 1.86. The molecule has 19 heavy (non-hydrogen) atoms. The van der Waals surface area contributed by atoms with Gasteiger partial charge >= 0.3 is 5.97 Å². The number of nitrogens with one attached hydrogen (secondary N) is 1. The van der Waals surface area contributed by atoms with Crippen molar-refractivity contribution in [2.24, 2.45) is 11.8 Å². The maximum absolute atomic E-state index is 12.0. The Morgan fingerprint density at radius 3 is 2.53 bits per heavy atom. The molecule has 3 atom stereocenters. The summed E-state index contributed by atoms with van der Waals surface area (Å²) >= 11 is 0. The number of hydrogen-bond acceptors (Lipinski definition) is 3. The van der Waals surface area contributed by atoms with Crippen LogP contribution in [0.15, 0.2) is 0 Å². The first-order chi connectivity index (χ1) is 9.01. The van der Waals surface area contributed by atoms with Crippen molar-refractivity contribution in [1.82, 2.24) is 5.32 Å². The molecule has 2 fully saturated rings. The summed E-state index contributed by atoms with van der Waals surface area (Å²) in [6.07, 6.45) is 4.01. The zero-order chi connectivity index (χ0) is 14.0. The number of carboxylic acids is 1. The maximum atomic E-state index is 12.0. The molecule has 3 unspecified atom stereocenters. The number of carboxylic acid groups (broad SMARTS) is 1. The number of amides is 1. The number of rotatable bonds is 5. The Morgan fingerprint density at radius 2 is 2.00 bits per heavy atom. The molecule has 5 nitrogen and oxygen atoms in total. The van der Waals surface area contributed by atoms with Crippen LogP contribution >= 0.6 is 0 Å². The fraction of sp³-hybridized carbons (Fsp3) is 0.857. The van der Waals surface area contributed by atoms with Crippen molar-refractivity contribution in [1.29, 1.82) is 0 Å². The second-order valence-corrected chi connectivity index (χ2v) is 5.72. The van der Waals surface area contributed by atoms with E-state index in [-0.39, 0.29) is 23.5 Å². The Labute approximate surface area is 113 Å². The summed E-state index contributed by atoms with van der Waals surface area (Å²) in [6.45, 7) is 4.88. The van der Waals surface area contributed by atoms with Crippen LogP contribution in [0.5, 0.6) is 0 Å². The average molecular weight is 269 g/mol. The predicted molar refractivity (Wildman–Crippen MR) is 69.7 cm³/mol. The van der Waals surface area contributed by atoms with Gasteiger partial charge in [-0.25, -0.2) is 0 Å². The number of carbonyl (C=O) groups excluding carboxylic acids is 1. The molecule has 1 aliphatic carbocycles. The van der Waals surface area contributed by atoms with Gasteiger partial charge in [-0.1, -0.05) is 13.8 Å². The zero-order valence-corrected chi connectivity index (χ0v) is 11.6. The van der Waals surface area contributed by atoms with Gasteiger partial charge in [0.15, 0.2) is 0 Å². The Bertz CT molecular complexity index is 364. The quantitative estimate of drug-likeness (QED) is 0.794. The zero-order valence-electron chi connectivity index (χ0n) is 11.6. The van der Waals surface area contributed by atoms with Crippen LogP contribution in [0.2, 0.25) is 0 Å². The van der Waals surface area contributed by atoms with Gasteiger partial charge in [-0.15, -0.1) is 0 Å². The molecule has 1 amide bonds. The van der Waals surface area contributed by atoms with E-state index in [9.17, 15) is 9.59 Å². The van der Waals surface area contributed by atoms with Gasteiger partial charge in [-0.05, 0) is 32.1 Å². The first kappa shape index (κ1) is 14.3. The highest BCUT2D eigenvalue weighted by Gasteiger charge is 2.49. The van der Waals surface area contributed by atoms with E-state index in [0.717, 1.165) is 25.7 Å². The highest BCUT2D eigenvalue weighted by molar-refractivity contribution is 5.89. The summed E-state index contributed by atoms with van der Waals surface area (Å²) in [5.74, 6) is -1.75. The van der Waals surface area contributed by atoms with Crippen molar-refractivity contribution in [3.05, 3.63) is 0 Å². The van der Waals surface area contributed by atoms with Crippen LogP contribution in [0, 0.1) is 11.8 Å². The first-order valence-corrected chi connectivity index (χ1v) is 7.18. The van der Waals surface area contributed by atoms with E-state index in [1.807, 2.05) is 0 Å². The molecule has 2 rings (SSSR count). The summed E-state index contributed by atoms with van der Waals surface area (Å²) in [5, 5.41) is 11.8. The van der Waals surface area contributed by atoms with E-state index < -0.39 is 11.9 Å². The molecule has 2 N–H and O–H groups in total. The molecule has 0 aromatic rings. The van der Waals surface area contributed by atoms with E-state index in [4.69, 9.17) is 9.84 Å². The molecule has 2 aliphatic rings. The lowest BCUT2D eigenvalue weighted by atomic mass is 9.86. The standard InChI is InChI=1S/C14H23NO4/c1-3-14(4-2)8-9(5-6-19-14)15-12(16)10-7-11(10)13(17)18/h9-11H,3-8H2,1-2H3,(H,15,16)(H,17,18). The second-order valence-electron chi connectivity index (χ2n) is 5.72. The molecule has 0 radical (unpaired) electrons. The average Bonchev–Trinajstić information content (AvgIpc) is 3.19. The minimum atomic E-state index is -0.858. The lowest BCUT2D eigenvalue weighted by Crippen LogP contribution is -2.48. The Hall–Kier alpha value is -1.10. The predicted octanol–water partition coefficient (Wildman–Crippen LogP) is 1.56. The fourth-order valence-electron chi connectivity index (χ4n) is 2.96. The van der Waals surface area contributed by atoms with Gasteiger partial charge in [0.05, 0.1) is 17.4 Å². The van der Waals surface area contributed by atoms with Gasteiger partial charge in [0, 0.05) is 12.6 Å². The molecule has 1 saturated heterocycles. The molecule has 5 heteroatoms. The molecule has 0 aromatic heterocycles. The van der Waals surface area contributed by atoms with E-state index in [2.05, 4.69) is 19.2 Å². The van der Waals surface area contributed by atoms with Crippen molar-refractivity contribution in [2.45, 2.75) is 57.6 Å². The van der Waals surface area contributed by atoms with Gasteiger partial charge < -0.3 is 15.2 Å². The van der Waals surface area contributed by atoms with Gasteiger partial charge in [0.25, 0.3) is 0 Å². The third kappa shape index (κ3) is 3.08. The Morgan fingerprint density at radius 1 is 1.32 bits per heavy atom. The fourth-order valence-corrected chi connectivity index (χ4v) is 2.96. The third-order valence-electron chi connectivity index (χ3n) is 4.57. The van der Waals surface area contributed by atoms with E-state index >= 15 is 0 Å². The molecular weight excluding hydrogens is 246 g/mol. The molecular formula is C14H23NO4. The molecule has 1 aliphatic heterocycles. The number of hydrogen-bond donors (Lipinski definition) is 2. The summed E-state index contributed by atoms with van der Waals surface area (Å²) < 4.78 is 5.87. The lowest BCUT2D eigenvalue weighted by molar-refractivity contribution is -0.140. The summed E-state index contributed by atoms with van der Waals surface area (Å²) in [5.41, 5.74) is -0.119. The molecule has 0 spiro atoms. The van der Waals surface area contributed by atoms with Crippen molar-refractivity contribution in [3.8, 4) is 0 Å². The highest BCUT2D eigenvalue weighted by Crippen LogP contribution is 2.39. The topological polar surface area (TPSA) is 75.6 Å². The van der Waals surface area contributed by atoms with E-state index in [1.165, 1.54) is 0 Å². The molecule has 1 heterocycles. The lowest BCUT2D eigenvalue weighted by Gasteiger charge is -2.40. The van der Waals surface area contributed by atoms with Crippen molar-refractivity contribution < 1.29 is 19.4 Å². The minimum Gasteiger partial charge on any atom is -0.481 e. The smallest absolute Gasteiger partial charge is 0.307 e. The van der Waals surface area contributed by atoms with Gasteiger partial charge in [0.2, 0.25) is 5.91 Å². The summed E-state index contributed by atoms with van der Waals surface area (Å²) in [6, 6.07) is 0.121. The number of aliphatic carboxylic acids is 1. The van der Waals surface area contributed by atoms with Gasteiger partial charge in [-0.3, -0.25) is 9.59 Å². The minimum absolute atomic E-state index is 0.0968. The highest BCUT2D eigenvalue weighted by atomic mass is 16.5. The van der Waals surface area contributed by atoms with Crippen LogP contribution < -0.4 is 5.32 Å². The van der Waals surface area contributed by atoms with Gasteiger partial charge in [0.1, 0.15) is 0 Å². The van der Waals surface area contributed by atoms with Crippen molar-refractivity contribution >= 4 is 11.9 Å². The van der Waals surface area contributed by atoms with E-state index in [0.29, 0.717) is 13.0 Å². The molecule has 0 aromatic carbocycles. The molecule has 108 valence electrons. The van der Waals surface area contributed by atoms with Crippen LogP contribution in [0.25, 0.3) is 0 Å². The van der Waals surface area contributed by atoms with Crippen LogP contribution in [0.4, 0.5) is 0 Å². The third-order valence-corrected chi connectivity index (χ3v) is 4.57. The number of ether oxygens (including phenoxy) is 1. The maximum Gasteiger partial charge on any atom is 0.307 e. The van der Waals surface area contributed by atoms with Crippen molar-refractivity contribution in [3.63, 3.8) is 0 Å². The van der Waals surface area contributed by atoms with Crippen LogP contribution in [0.3, 0.4) is 0 Å².